The Morgan fingerprint density at radius 1 is 1.19 bits per heavy atom. The van der Waals surface area contributed by atoms with Crippen molar-refractivity contribution in [2.24, 2.45) is 0 Å². The summed E-state index contributed by atoms with van der Waals surface area (Å²) in [5, 5.41) is 6.48. The standard InChI is InChI=1S/C22H28N6O4/c1-14(2)28-19-17(13-31-22(28)30)12-24-20(26-19)25-15(3)16-4-6-18(7-5-16)32-21(29)27-10-8-23-9-11-27/h4-7,12,14-15,23H,8-11,13H2,1-3H3,(H,24,25,26)/t15-/m0/s1. The first kappa shape index (κ1) is 21.8. The van der Waals surface area contributed by atoms with Crippen LogP contribution in [0.4, 0.5) is 21.4 Å². The lowest BCUT2D eigenvalue weighted by Crippen LogP contribution is -2.47. The van der Waals surface area contributed by atoms with Crippen LogP contribution in [0.2, 0.25) is 0 Å². The van der Waals surface area contributed by atoms with Gasteiger partial charge in [-0.3, -0.25) is 4.90 Å². The zero-order chi connectivity index (χ0) is 22.7. The summed E-state index contributed by atoms with van der Waals surface area (Å²) in [4.78, 5) is 36.5. The molecule has 10 heteroatoms. The van der Waals surface area contributed by atoms with E-state index in [9.17, 15) is 9.59 Å². The van der Waals surface area contributed by atoms with E-state index in [4.69, 9.17) is 9.47 Å². The van der Waals surface area contributed by atoms with E-state index in [1.54, 1.807) is 23.2 Å². The number of nitrogens with one attached hydrogen (secondary N) is 2. The van der Waals surface area contributed by atoms with E-state index in [1.807, 2.05) is 32.9 Å². The van der Waals surface area contributed by atoms with Crippen LogP contribution >= 0.6 is 0 Å². The van der Waals surface area contributed by atoms with Crippen LogP contribution in [0.5, 0.6) is 5.75 Å². The molecule has 1 fully saturated rings. The number of hydrogen-bond donors (Lipinski definition) is 2. The van der Waals surface area contributed by atoms with Gasteiger partial charge in [0.05, 0.1) is 11.6 Å². The van der Waals surface area contributed by atoms with Crippen molar-refractivity contribution in [1.29, 1.82) is 0 Å². The quantitative estimate of drug-likeness (QED) is 0.731. The van der Waals surface area contributed by atoms with Gasteiger partial charge in [-0.05, 0) is 38.5 Å². The largest absolute Gasteiger partial charge is 0.444 e. The monoisotopic (exact) mass is 440 g/mol. The fourth-order valence-corrected chi connectivity index (χ4v) is 3.64. The van der Waals surface area contributed by atoms with Crippen LogP contribution in [0.1, 0.15) is 37.9 Å². The molecule has 1 aromatic carbocycles. The molecule has 0 radical (unpaired) electrons. The molecule has 0 unspecified atom stereocenters. The summed E-state index contributed by atoms with van der Waals surface area (Å²) >= 11 is 0. The molecule has 32 heavy (non-hydrogen) atoms. The van der Waals surface area contributed by atoms with Crippen molar-refractivity contribution in [2.45, 2.75) is 39.5 Å². The number of benzene rings is 1. The third kappa shape index (κ3) is 4.75. The van der Waals surface area contributed by atoms with Gasteiger partial charge in [-0.15, -0.1) is 0 Å². The Kier molecular flexibility index (Phi) is 6.40. The van der Waals surface area contributed by atoms with Gasteiger partial charge in [0.25, 0.3) is 0 Å². The van der Waals surface area contributed by atoms with Crippen molar-refractivity contribution in [3.05, 3.63) is 41.6 Å². The lowest BCUT2D eigenvalue weighted by molar-refractivity contribution is 0.139. The maximum absolute atomic E-state index is 12.3. The molecule has 4 rings (SSSR count). The molecule has 1 aromatic heterocycles. The van der Waals surface area contributed by atoms with Crippen LogP contribution in [0, 0.1) is 0 Å². The number of amides is 2. The van der Waals surface area contributed by atoms with Crippen LogP contribution in [-0.4, -0.2) is 59.3 Å². The fourth-order valence-electron chi connectivity index (χ4n) is 3.64. The molecule has 2 aliphatic heterocycles. The summed E-state index contributed by atoms with van der Waals surface area (Å²) < 4.78 is 10.7. The number of fused-ring (bicyclic) bond motifs is 1. The number of hydrogen-bond acceptors (Lipinski definition) is 8. The summed E-state index contributed by atoms with van der Waals surface area (Å²) in [6, 6.07) is 7.16. The summed E-state index contributed by atoms with van der Waals surface area (Å²) in [5.74, 6) is 1.49. The van der Waals surface area contributed by atoms with E-state index in [1.165, 1.54) is 4.90 Å². The number of nitrogens with zero attached hydrogens (tertiary/aromatic N) is 4. The van der Waals surface area contributed by atoms with Crippen molar-refractivity contribution in [3.8, 4) is 5.75 Å². The molecule has 1 saturated heterocycles. The van der Waals surface area contributed by atoms with Crippen LogP contribution in [0.25, 0.3) is 0 Å². The zero-order valence-corrected chi connectivity index (χ0v) is 18.5. The molecule has 0 saturated carbocycles. The molecule has 0 bridgehead atoms. The average Bonchev–Trinajstić information content (AvgIpc) is 2.79. The number of anilines is 2. The highest BCUT2D eigenvalue weighted by Crippen LogP contribution is 2.28. The van der Waals surface area contributed by atoms with Crippen molar-refractivity contribution in [2.75, 3.05) is 36.4 Å². The molecular formula is C22H28N6O4. The van der Waals surface area contributed by atoms with Crippen LogP contribution in [0.15, 0.2) is 30.5 Å². The van der Waals surface area contributed by atoms with Crippen molar-refractivity contribution >= 4 is 24.0 Å². The second-order valence-electron chi connectivity index (χ2n) is 8.10. The normalized spacial score (nSPS) is 16.9. The maximum atomic E-state index is 12.3. The summed E-state index contributed by atoms with van der Waals surface area (Å²) in [5.41, 5.74) is 1.75. The Balaban J connectivity index is 1.41. The Morgan fingerprint density at radius 2 is 1.91 bits per heavy atom. The highest BCUT2D eigenvalue weighted by Gasteiger charge is 2.30. The van der Waals surface area contributed by atoms with Crippen molar-refractivity contribution in [1.82, 2.24) is 20.2 Å². The van der Waals surface area contributed by atoms with E-state index < -0.39 is 6.09 Å². The van der Waals surface area contributed by atoms with Gasteiger partial charge in [-0.1, -0.05) is 12.1 Å². The van der Waals surface area contributed by atoms with Crippen LogP contribution < -0.4 is 20.3 Å². The SMILES string of the molecule is CC(C)N1C(=O)OCc2cnc(N[C@@H](C)c3ccc(OC(=O)N4CCNCC4)cc3)nc21. The Morgan fingerprint density at radius 3 is 2.59 bits per heavy atom. The van der Waals surface area contributed by atoms with E-state index in [-0.39, 0.29) is 24.8 Å². The number of aromatic nitrogens is 2. The van der Waals surface area contributed by atoms with E-state index >= 15 is 0 Å². The second-order valence-corrected chi connectivity index (χ2v) is 8.10. The maximum Gasteiger partial charge on any atom is 0.416 e. The topological polar surface area (TPSA) is 109 Å². The summed E-state index contributed by atoms with van der Waals surface area (Å²) in [6.45, 7) is 8.81. The fraction of sp³-hybridized carbons (Fsp3) is 0.455. The third-order valence-corrected chi connectivity index (χ3v) is 5.44. The van der Waals surface area contributed by atoms with Gasteiger partial charge >= 0.3 is 12.2 Å². The number of piperazine rings is 1. The first-order chi connectivity index (χ1) is 15.4. The smallest absolute Gasteiger partial charge is 0.416 e. The predicted octanol–water partition coefficient (Wildman–Crippen LogP) is 2.92. The van der Waals surface area contributed by atoms with Crippen LogP contribution in [-0.2, 0) is 11.3 Å². The van der Waals surface area contributed by atoms with Crippen molar-refractivity contribution < 1.29 is 19.1 Å². The summed E-state index contributed by atoms with van der Waals surface area (Å²) in [6.07, 6.45) is 0.940. The molecular weight excluding hydrogens is 412 g/mol. The molecule has 0 spiro atoms. The van der Waals surface area contributed by atoms with Gasteiger partial charge in [0.2, 0.25) is 5.95 Å². The molecule has 0 aliphatic carbocycles. The number of ether oxygens (including phenoxy) is 2. The first-order valence-corrected chi connectivity index (χ1v) is 10.8. The Hall–Kier alpha value is -3.40. The molecule has 2 amide bonds. The van der Waals surface area contributed by atoms with E-state index in [0.717, 1.165) is 24.2 Å². The molecule has 3 heterocycles. The number of cyclic esters (lactones) is 1. The van der Waals surface area contributed by atoms with Crippen LogP contribution in [0.3, 0.4) is 0 Å². The Bertz CT molecular complexity index is 975. The Labute approximate surface area is 186 Å². The predicted molar refractivity (Wildman–Crippen MR) is 119 cm³/mol. The second kappa shape index (κ2) is 9.39. The van der Waals surface area contributed by atoms with E-state index in [2.05, 4.69) is 20.6 Å². The summed E-state index contributed by atoms with van der Waals surface area (Å²) in [7, 11) is 0. The molecule has 10 nitrogen and oxygen atoms in total. The average molecular weight is 441 g/mol. The van der Waals surface area contributed by atoms with Gasteiger partial charge in [-0.2, -0.15) is 4.98 Å². The molecule has 170 valence electrons. The van der Waals surface area contributed by atoms with Crippen molar-refractivity contribution in [3.63, 3.8) is 0 Å². The minimum atomic E-state index is -0.406. The van der Waals surface area contributed by atoms with Gasteiger partial charge in [0.15, 0.2) is 0 Å². The minimum Gasteiger partial charge on any atom is -0.444 e. The molecule has 2 N–H and O–H groups in total. The molecule has 1 atom stereocenters. The number of carbonyl (C=O) groups is 2. The lowest BCUT2D eigenvalue weighted by atomic mass is 10.1. The van der Waals surface area contributed by atoms with E-state index in [0.29, 0.717) is 30.6 Å². The lowest BCUT2D eigenvalue weighted by Gasteiger charge is -2.30. The van der Waals surface area contributed by atoms with Gasteiger partial charge in [0.1, 0.15) is 18.2 Å². The van der Waals surface area contributed by atoms with Gasteiger partial charge < -0.3 is 25.0 Å². The highest BCUT2D eigenvalue weighted by molar-refractivity contribution is 5.89. The molecule has 2 aromatic rings. The minimum absolute atomic E-state index is 0.0850. The van der Waals surface area contributed by atoms with Gasteiger partial charge in [0, 0.05) is 38.4 Å². The number of carbonyl (C=O) groups excluding carboxylic acids is 2. The number of rotatable bonds is 5. The highest BCUT2D eigenvalue weighted by atomic mass is 16.6. The van der Waals surface area contributed by atoms with Gasteiger partial charge in [-0.25, -0.2) is 14.6 Å². The first-order valence-electron chi connectivity index (χ1n) is 10.8. The third-order valence-electron chi connectivity index (χ3n) is 5.44. The molecule has 2 aliphatic rings. The zero-order valence-electron chi connectivity index (χ0n) is 18.5.